The second-order valence-electron chi connectivity index (χ2n) is 4.94. The van der Waals surface area contributed by atoms with Crippen molar-refractivity contribution in [3.8, 4) is 5.75 Å². The van der Waals surface area contributed by atoms with E-state index in [2.05, 4.69) is 19.6 Å². The molecule has 0 spiro atoms. The van der Waals surface area contributed by atoms with E-state index >= 15 is 0 Å². The van der Waals surface area contributed by atoms with Gasteiger partial charge in [0.1, 0.15) is 5.75 Å². The van der Waals surface area contributed by atoms with Gasteiger partial charge in [-0.2, -0.15) is 16.9 Å². The van der Waals surface area contributed by atoms with Crippen LogP contribution in [0.4, 0.5) is 0 Å². The van der Waals surface area contributed by atoms with E-state index in [1.807, 2.05) is 6.92 Å². The zero-order valence-electron chi connectivity index (χ0n) is 12.9. The van der Waals surface area contributed by atoms with Gasteiger partial charge in [0, 0.05) is 18.8 Å². The Balaban J connectivity index is 2.84. The van der Waals surface area contributed by atoms with Gasteiger partial charge in [-0.3, -0.25) is 0 Å². The van der Waals surface area contributed by atoms with Gasteiger partial charge in [0.15, 0.2) is 0 Å². The summed E-state index contributed by atoms with van der Waals surface area (Å²) in [7, 11) is -1.87. The first-order chi connectivity index (χ1) is 9.97. The molecule has 4 nitrogen and oxygen atoms in total. The largest absolute Gasteiger partial charge is 0.494 e. The Morgan fingerprint density at radius 2 is 1.86 bits per heavy atom. The molecule has 0 bridgehead atoms. The quantitative estimate of drug-likeness (QED) is 0.558. The minimum absolute atomic E-state index is 0.0983. The Bertz CT molecular complexity index is 510. The molecule has 1 atom stereocenters. The van der Waals surface area contributed by atoms with Crippen LogP contribution in [0.15, 0.2) is 29.2 Å². The summed E-state index contributed by atoms with van der Waals surface area (Å²) in [4.78, 5) is 0.285. The van der Waals surface area contributed by atoms with E-state index in [1.165, 1.54) is 4.31 Å². The summed E-state index contributed by atoms with van der Waals surface area (Å²) in [6, 6.07) is 6.51. The predicted molar refractivity (Wildman–Crippen MR) is 89.7 cm³/mol. The third-order valence-electron chi connectivity index (χ3n) is 3.46. The molecule has 0 N–H and O–H groups in total. The molecule has 0 saturated carbocycles. The summed E-state index contributed by atoms with van der Waals surface area (Å²) in [6.45, 7) is 4.71. The maximum Gasteiger partial charge on any atom is 0.243 e. The molecule has 0 saturated heterocycles. The van der Waals surface area contributed by atoms with Gasteiger partial charge in [-0.15, -0.1) is 0 Å². The molecule has 0 aliphatic heterocycles. The lowest BCUT2D eigenvalue weighted by Crippen LogP contribution is -2.37. The van der Waals surface area contributed by atoms with E-state index < -0.39 is 10.0 Å². The lowest BCUT2D eigenvalue weighted by atomic mass is 10.3. The molecule has 120 valence electrons. The summed E-state index contributed by atoms with van der Waals surface area (Å²) in [5, 5.41) is 0. The van der Waals surface area contributed by atoms with Crippen LogP contribution in [0.2, 0.25) is 0 Å². The number of sulfonamides is 1. The average molecular weight is 332 g/mol. The van der Waals surface area contributed by atoms with Crippen molar-refractivity contribution in [1.29, 1.82) is 0 Å². The number of ether oxygens (including phenoxy) is 1. The van der Waals surface area contributed by atoms with Gasteiger partial charge >= 0.3 is 0 Å². The topological polar surface area (TPSA) is 46.6 Å². The molecule has 0 fully saturated rings. The fraction of sp³-hybridized carbons (Fsp3) is 0.600. The minimum atomic E-state index is -3.48. The second-order valence-corrected chi connectivity index (χ2v) is 7.30. The number of thiol groups is 1. The molecule has 6 heteroatoms. The first-order valence-electron chi connectivity index (χ1n) is 7.29. The van der Waals surface area contributed by atoms with Gasteiger partial charge in [-0.05, 0) is 37.1 Å². The van der Waals surface area contributed by atoms with E-state index in [4.69, 9.17) is 4.74 Å². The lowest BCUT2D eigenvalue weighted by Gasteiger charge is -2.25. The van der Waals surface area contributed by atoms with Gasteiger partial charge in [-0.1, -0.05) is 20.3 Å². The third-order valence-corrected chi connectivity index (χ3v) is 5.81. The van der Waals surface area contributed by atoms with Gasteiger partial charge < -0.3 is 4.74 Å². The molecule has 1 aromatic carbocycles. The summed E-state index contributed by atoms with van der Waals surface area (Å²) >= 11 is 4.22. The monoisotopic (exact) mass is 331 g/mol. The lowest BCUT2D eigenvalue weighted by molar-refractivity contribution is 0.309. The van der Waals surface area contributed by atoms with Gasteiger partial charge in [0.2, 0.25) is 10.0 Å². The van der Waals surface area contributed by atoms with Crippen LogP contribution in [-0.4, -0.2) is 38.2 Å². The van der Waals surface area contributed by atoms with E-state index in [1.54, 1.807) is 31.3 Å². The smallest absolute Gasteiger partial charge is 0.243 e. The van der Waals surface area contributed by atoms with Crippen LogP contribution in [-0.2, 0) is 10.0 Å². The highest BCUT2D eigenvalue weighted by molar-refractivity contribution is 7.89. The van der Waals surface area contributed by atoms with Gasteiger partial charge in [0.25, 0.3) is 0 Å². The molecule has 0 aliphatic rings. The van der Waals surface area contributed by atoms with Crippen molar-refractivity contribution < 1.29 is 13.2 Å². The molecule has 1 aromatic rings. The first kappa shape index (κ1) is 18.3. The summed E-state index contributed by atoms with van der Waals surface area (Å²) in [5.74, 6) is 1.20. The van der Waals surface area contributed by atoms with Gasteiger partial charge in [-0.25, -0.2) is 8.42 Å². The second kappa shape index (κ2) is 8.66. The molecule has 1 rings (SSSR count). The summed E-state index contributed by atoms with van der Waals surface area (Å²) in [6.07, 6.45) is 2.79. The fourth-order valence-corrected chi connectivity index (χ4v) is 3.95. The Morgan fingerprint density at radius 3 is 2.33 bits per heavy atom. The Hall–Kier alpha value is -0.720. The number of rotatable bonds is 9. The van der Waals surface area contributed by atoms with Crippen molar-refractivity contribution >= 4 is 22.7 Å². The van der Waals surface area contributed by atoms with E-state index in [9.17, 15) is 8.42 Å². The predicted octanol–water partition coefficient (Wildman–Crippen LogP) is 3.19. The SMILES string of the molecule is CCCCOc1ccc(S(=O)(=O)N(C)C(CC)CS)cc1. The third kappa shape index (κ3) is 4.90. The molecule has 0 aliphatic carbocycles. The minimum Gasteiger partial charge on any atom is -0.494 e. The zero-order chi connectivity index (χ0) is 15.9. The molecular weight excluding hydrogens is 306 g/mol. The molecule has 0 heterocycles. The number of nitrogens with zero attached hydrogens (tertiary/aromatic N) is 1. The van der Waals surface area contributed by atoms with Crippen LogP contribution in [0.1, 0.15) is 33.1 Å². The highest BCUT2D eigenvalue weighted by Gasteiger charge is 2.26. The van der Waals surface area contributed by atoms with Crippen molar-refractivity contribution in [2.75, 3.05) is 19.4 Å². The highest BCUT2D eigenvalue weighted by atomic mass is 32.2. The van der Waals surface area contributed by atoms with Crippen LogP contribution in [0, 0.1) is 0 Å². The van der Waals surface area contributed by atoms with Gasteiger partial charge in [0.05, 0.1) is 11.5 Å². The number of unbranched alkanes of at least 4 members (excludes halogenated alkanes) is 1. The molecule has 21 heavy (non-hydrogen) atoms. The zero-order valence-corrected chi connectivity index (χ0v) is 14.7. The van der Waals surface area contributed by atoms with E-state index in [0.29, 0.717) is 18.1 Å². The Morgan fingerprint density at radius 1 is 1.24 bits per heavy atom. The Kier molecular flexibility index (Phi) is 7.56. The van der Waals surface area contributed by atoms with Crippen molar-refractivity contribution in [2.24, 2.45) is 0 Å². The first-order valence-corrected chi connectivity index (χ1v) is 9.36. The molecular formula is C15H25NO3S2. The molecule has 1 unspecified atom stereocenters. The van der Waals surface area contributed by atoms with Crippen LogP contribution < -0.4 is 4.74 Å². The van der Waals surface area contributed by atoms with E-state index in [-0.39, 0.29) is 10.9 Å². The van der Waals surface area contributed by atoms with Crippen LogP contribution in [0.3, 0.4) is 0 Å². The highest BCUT2D eigenvalue weighted by Crippen LogP contribution is 2.21. The summed E-state index contributed by atoms with van der Waals surface area (Å²) < 4.78 is 32.0. The normalized spacial score (nSPS) is 13.4. The average Bonchev–Trinajstić information content (AvgIpc) is 2.49. The fourth-order valence-electron chi connectivity index (χ4n) is 1.91. The standard InChI is InChI=1S/C15H25NO3S2/c1-4-6-11-19-14-7-9-15(10-8-14)21(17,18)16(3)13(5-2)12-20/h7-10,13,20H,4-6,11-12H2,1-3H3. The van der Waals surface area contributed by atoms with Crippen molar-refractivity contribution in [3.63, 3.8) is 0 Å². The molecule has 0 aromatic heterocycles. The maximum absolute atomic E-state index is 12.5. The van der Waals surface area contributed by atoms with Crippen molar-refractivity contribution in [3.05, 3.63) is 24.3 Å². The summed E-state index contributed by atoms with van der Waals surface area (Å²) in [5.41, 5.74) is 0. The number of benzene rings is 1. The molecule has 0 amide bonds. The van der Waals surface area contributed by atoms with Crippen molar-refractivity contribution in [1.82, 2.24) is 4.31 Å². The number of hydrogen-bond donors (Lipinski definition) is 1. The molecule has 0 radical (unpaired) electrons. The van der Waals surface area contributed by atoms with Crippen LogP contribution >= 0.6 is 12.6 Å². The Labute approximate surface area is 134 Å². The van der Waals surface area contributed by atoms with Crippen LogP contribution in [0.5, 0.6) is 5.75 Å². The van der Waals surface area contributed by atoms with Crippen LogP contribution in [0.25, 0.3) is 0 Å². The van der Waals surface area contributed by atoms with E-state index in [0.717, 1.165) is 19.3 Å². The maximum atomic E-state index is 12.5. The number of hydrogen-bond acceptors (Lipinski definition) is 4. The van der Waals surface area contributed by atoms with Crippen molar-refractivity contribution in [2.45, 2.75) is 44.0 Å².